The van der Waals surface area contributed by atoms with Crippen molar-refractivity contribution >= 4 is 18.5 Å². The molecule has 0 aliphatic heterocycles. The van der Waals surface area contributed by atoms with Crippen molar-refractivity contribution in [3.63, 3.8) is 0 Å². The Morgan fingerprint density at radius 3 is 1.91 bits per heavy atom. The molecule has 2 atom stereocenters. The van der Waals surface area contributed by atoms with Crippen LogP contribution in [0.1, 0.15) is 27.7 Å². The molecule has 1 amide bonds. The lowest BCUT2D eigenvalue weighted by Gasteiger charge is -2.29. The molecule has 0 rings (SSSR count). The normalized spacial score (nSPS) is 17.5. The molecule has 0 radical (unpaired) electrons. The molecule has 0 aromatic heterocycles. The number of nitrogens with two attached hydrogens (primary N) is 1. The van der Waals surface area contributed by atoms with E-state index in [4.69, 9.17) is 5.73 Å². The molecule has 2 nitrogen and oxygen atoms in total. The first-order valence-corrected chi connectivity index (χ1v) is 4.23. The van der Waals surface area contributed by atoms with Crippen molar-refractivity contribution in [1.82, 2.24) is 0 Å². The van der Waals surface area contributed by atoms with Gasteiger partial charge in [0, 0.05) is 10.7 Å². The van der Waals surface area contributed by atoms with E-state index in [9.17, 15) is 4.79 Å². The Bertz CT molecular complexity index is 151. The van der Waals surface area contributed by atoms with Crippen LogP contribution in [0.25, 0.3) is 0 Å². The van der Waals surface area contributed by atoms with Crippen LogP contribution in [-0.2, 0) is 4.79 Å². The van der Waals surface area contributed by atoms with E-state index in [0.29, 0.717) is 0 Å². The maximum Gasteiger partial charge on any atom is 0.220 e. The quantitative estimate of drug-likeness (QED) is 0.626. The Morgan fingerprint density at radius 1 is 1.45 bits per heavy atom. The monoisotopic (exact) mass is 175 g/mol. The van der Waals surface area contributed by atoms with Crippen molar-refractivity contribution in [2.24, 2.45) is 17.6 Å². The van der Waals surface area contributed by atoms with Gasteiger partial charge in [0.05, 0.1) is 0 Å². The Morgan fingerprint density at radius 2 is 1.82 bits per heavy atom. The smallest absolute Gasteiger partial charge is 0.220 e. The van der Waals surface area contributed by atoms with Crippen molar-refractivity contribution < 1.29 is 4.79 Å². The first-order chi connectivity index (χ1) is 4.76. The van der Waals surface area contributed by atoms with Crippen molar-refractivity contribution in [2.45, 2.75) is 32.4 Å². The Labute approximate surface area is 74.0 Å². The van der Waals surface area contributed by atoms with Crippen LogP contribution in [0.5, 0.6) is 0 Å². The average Bonchev–Trinajstić information content (AvgIpc) is 1.82. The number of amides is 1. The minimum Gasteiger partial charge on any atom is -0.369 e. The summed E-state index contributed by atoms with van der Waals surface area (Å²) in [6.45, 7) is 7.80. The molecule has 0 aliphatic carbocycles. The SMILES string of the molecule is CC(C(N)=O)C(C)C(C)(C)S. The van der Waals surface area contributed by atoms with Crippen LogP contribution in [-0.4, -0.2) is 10.7 Å². The van der Waals surface area contributed by atoms with Gasteiger partial charge in [-0.3, -0.25) is 4.79 Å². The molecule has 66 valence electrons. The fourth-order valence-corrected chi connectivity index (χ4v) is 1.08. The van der Waals surface area contributed by atoms with Gasteiger partial charge in [-0.25, -0.2) is 0 Å². The van der Waals surface area contributed by atoms with Crippen LogP contribution in [0.3, 0.4) is 0 Å². The number of primary amides is 1. The van der Waals surface area contributed by atoms with Crippen molar-refractivity contribution in [3.8, 4) is 0 Å². The summed E-state index contributed by atoms with van der Waals surface area (Å²) in [5.41, 5.74) is 5.16. The third-order valence-corrected chi connectivity index (χ3v) is 2.72. The number of carbonyl (C=O) groups excluding carboxylic acids is 1. The second-order valence-corrected chi connectivity index (χ2v) is 4.79. The molecule has 0 spiro atoms. The third kappa shape index (κ3) is 3.14. The largest absolute Gasteiger partial charge is 0.369 e. The summed E-state index contributed by atoms with van der Waals surface area (Å²) in [7, 11) is 0. The molecule has 0 aromatic carbocycles. The van der Waals surface area contributed by atoms with E-state index in [1.54, 1.807) is 0 Å². The van der Waals surface area contributed by atoms with Crippen LogP contribution in [0, 0.1) is 11.8 Å². The van der Waals surface area contributed by atoms with Crippen molar-refractivity contribution in [3.05, 3.63) is 0 Å². The van der Waals surface area contributed by atoms with Crippen molar-refractivity contribution in [2.75, 3.05) is 0 Å². The predicted octanol–water partition coefficient (Wildman–Crippen LogP) is 1.45. The van der Waals surface area contributed by atoms with Gasteiger partial charge in [0.25, 0.3) is 0 Å². The number of thiol groups is 1. The van der Waals surface area contributed by atoms with Gasteiger partial charge in [0.1, 0.15) is 0 Å². The maximum absolute atomic E-state index is 10.8. The highest BCUT2D eigenvalue weighted by Gasteiger charge is 2.29. The summed E-state index contributed by atoms with van der Waals surface area (Å²) < 4.78 is -0.144. The third-order valence-electron chi connectivity index (χ3n) is 2.31. The summed E-state index contributed by atoms with van der Waals surface area (Å²) in [4.78, 5) is 10.8. The molecule has 0 saturated carbocycles. The zero-order valence-corrected chi connectivity index (χ0v) is 8.48. The topological polar surface area (TPSA) is 43.1 Å². The average molecular weight is 175 g/mol. The number of hydrogen-bond acceptors (Lipinski definition) is 2. The van der Waals surface area contributed by atoms with Gasteiger partial charge in [-0.05, 0) is 5.92 Å². The lowest BCUT2D eigenvalue weighted by molar-refractivity contribution is -0.122. The first kappa shape index (κ1) is 10.8. The fourth-order valence-electron chi connectivity index (χ4n) is 0.858. The molecular weight excluding hydrogens is 158 g/mol. The molecule has 0 aromatic rings. The van der Waals surface area contributed by atoms with Gasteiger partial charge < -0.3 is 5.73 Å². The summed E-state index contributed by atoms with van der Waals surface area (Å²) in [6, 6.07) is 0. The lowest BCUT2D eigenvalue weighted by atomic mass is 9.85. The highest BCUT2D eigenvalue weighted by molar-refractivity contribution is 7.81. The molecular formula is C8H17NOS. The molecule has 3 heteroatoms. The van der Waals surface area contributed by atoms with Gasteiger partial charge in [-0.15, -0.1) is 0 Å². The molecule has 2 unspecified atom stereocenters. The minimum atomic E-state index is -0.250. The predicted molar refractivity (Wildman–Crippen MR) is 50.6 cm³/mol. The summed E-state index contributed by atoms with van der Waals surface area (Å²) in [6.07, 6.45) is 0. The number of hydrogen-bond donors (Lipinski definition) is 2. The lowest BCUT2D eigenvalue weighted by Crippen LogP contribution is -2.35. The van der Waals surface area contributed by atoms with E-state index in [-0.39, 0.29) is 22.5 Å². The first-order valence-electron chi connectivity index (χ1n) is 3.78. The second kappa shape index (κ2) is 3.48. The standard InChI is InChI=1S/C8H17NOS/c1-5(7(9)10)6(2)8(3,4)11/h5-6,11H,1-4H3,(H2,9,10). The van der Waals surface area contributed by atoms with E-state index in [1.807, 2.05) is 27.7 Å². The minimum absolute atomic E-state index is 0.109. The van der Waals surface area contributed by atoms with Gasteiger partial charge in [-0.2, -0.15) is 12.6 Å². The van der Waals surface area contributed by atoms with E-state index >= 15 is 0 Å². The summed E-state index contributed by atoms with van der Waals surface area (Å²) in [5.74, 6) is -0.162. The summed E-state index contributed by atoms with van der Waals surface area (Å²) >= 11 is 4.38. The van der Waals surface area contributed by atoms with Crippen LogP contribution in [0.15, 0.2) is 0 Å². The Balaban J connectivity index is 4.25. The zero-order chi connectivity index (χ0) is 9.23. The highest BCUT2D eigenvalue weighted by atomic mass is 32.1. The van der Waals surface area contributed by atoms with Crippen LogP contribution < -0.4 is 5.73 Å². The van der Waals surface area contributed by atoms with Gasteiger partial charge in [0.2, 0.25) is 5.91 Å². The Kier molecular flexibility index (Phi) is 3.42. The zero-order valence-electron chi connectivity index (χ0n) is 7.59. The van der Waals surface area contributed by atoms with Gasteiger partial charge in [-0.1, -0.05) is 27.7 Å². The molecule has 2 N–H and O–H groups in total. The van der Waals surface area contributed by atoms with Crippen LogP contribution in [0.2, 0.25) is 0 Å². The Hall–Kier alpha value is -0.180. The highest BCUT2D eigenvalue weighted by Crippen LogP contribution is 2.29. The van der Waals surface area contributed by atoms with E-state index in [1.165, 1.54) is 0 Å². The fraction of sp³-hybridized carbons (Fsp3) is 0.875. The van der Waals surface area contributed by atoms with Crippen molar-refractivity contribution in [1.29, 1.82) is 0 Å². The molecule has 0 aliphatic rings. The van der Waals surface area contributed by atoms with Gasteiger partial charge in [0.15, 0.2) is 0 Å². The van der Waals surface area contributed by atoms with E-state index in [0.717, 1.165) is 0 Å². The summed E-state index contributed by atoms with van der Waals surface area (Å²) in [5, 5.41) is 0. The molecule has 0 bridgehead atoms. The molecule has 0 saturated heterocycles. The second-order valence-electron chi connectivity index (χ2n) is 3.63. The number of rotatable bonds is 3. The van der Waals surface area contributed by atoms with E-state index < -0.39 is 0 Å². The van der Waals surface area contributed by atoms with Crippen LogP contribution in [0.4, 0.5) is 0 Å². The van der Waals surface area contributed by atoms with Gasteiger partial charge >= 0.3 is 0 Å². The maximum atomic E-state index is 10.8. The molecule has 11 heavy (non-hydrogen) atoms. The molecule has 0 fully saturated rings. The van der Waals surface area contributed by atoms with E-state index in [2.05, 4.69) is 12.6 Å². The molecule has 0 heterocycles. The number of carbonyl (C=O) groups is 1. The van der Waals surface area contributed by atoms with Crippen LogP contribution >= 0.6 is 12.6 Å².